The van der Waals surface area contributed by atoms with E-state index >= 15 is 0 Å². The maximum absolute atomic E-state index is 10.6. The van der Waals surface area contributed by atoms with Gasteiger partial charge in [0.2, 0.25) is 5.75 Å². The zero-order valence-corrected chi connectivity index (χ0v) is 18.0. The van der Waals surface area contributed by atoms with Crippen molar-refractivity contribution in [2.24, 2.45) is 0 Å². The predicted molar refractivity (Wildman–Crippen MR) is 108 cm³/mol. The topological polar surface area (TPSA) is 57.2 Å². The van der Waals surface area contributed by atoms with E-state index in [0.29, 0.717) is 27.3 Å². The second-order valence-corrected chi connectivity index (χ2v) is 6.89. The number of rotatable bonds is 7. The number of methoxy groups -OCH3 is 4. The van der Waals surface area contributed by atoms with Gasteiger partial charge in [-0.3, -0.25) is 0 Å². The van der Waals surface area contributed by atoms with Gasteiger partial charge in [0.05, 0.1) is 39.0 Å². The van der Waals surface area contributed by atoms with E-state index in [1.54, 1.807) is 19.3 Å². The van der Waals surface area contributed by atoms with Gasteiger partial charge < -0.3 is 24.1 Å². The highest BCUT2D eigenvalue weighted by Gasteiger charge is 2.21. The Balaban J connectivity index is 2.39. The third-order valence-corrected chi connectivity index (χ3v) is 5.29. The van der Waals surface area contributed by atoms with Crippen molar-refractivity contribution in [1.29, 1.82) is 0 Å². The molecule has 1 unspecified atom stereocenters. The number of hydrogen-bond donors (Lipinski definition) is 1. The molecule has 1 N–H and O–H groups in total. The Morgan fingerprint density at radius 3 is 2.15 bits per heavy atom. The zero-order chi connectivity index (χ0) is 19.3. The van der Waals surface area contributed by atoms with Crippen LogP contribution in [0.4, 0.5) is 0 Å². The Hall–Kier alpha value is -1.70. The van der Waals surface area contributed by atoms with Crippen LogP contribution in [0.3, 0.4) is 0 Å². The molecule has 0 aliphatic carbocycles. The maximum Gasteiger partial charge on any atom is 0.204 e. The number of aliphatic hydroxyl groups is 1. The van der Waals surface area contributed by atoms with Crippen LogP contribution in [0.2, 0.25) is 0 Å². The average molecular weight is 488 g/mol. The molecule has 0 aromatic heterocycles. The first-order valence-electron chi connectivity index (χ1n) is 7.65. The first-order chi connectivity index (χ1) is 12.5. The lowest BCUT2D eigenvalue weighted by molar-refractivity contribution is 0.226. The average Bonchev–Trinajstić information content (AvgIpc) is 2.65. The highest BCUT2D eigenvalue weighted by atomic mass is 79.9. The quantitative estimate of drug-likeness (QED) is 0.596. The molecule has 5 nitrogen and oxygen atoms in total. The molecule has 0 bridgehead atoms. The smallest absolute Gasteiger partial charge is 0.204 e. The third-order valence-electron chi connectivity index (χ3n) is 3.78. The molecule has 0 saturated heterocycles. The van der Waals surface area contributed by atoms with Crippen molar-refractivity contribution in [3.05, 3.63) is 50.4 Å². The fourth-order valence-corrected chi connectivity index (χ4v) is 3.60. The van der Waals surface area contributed by atoms with Gasteiger partial charge in [0.25, 0.3) is 0 Å². The summed E-state index contributed by atoms with van der Waals surface area (Å²) in [5.41, 5.74) is 1.51. The number of aliphatic hydroxyl groups excluding tert-OH is 1. The monoisotopic (exact) mass is 486 g/mol. The lowest BCUT2D eigenvalue weighted by atomic mass is 10.1. The van der Waals surface area contributed by atoms with Crippen molar-refractivity contribution in [3.63, 3.8) is 0 Å². The van der Waals surface area contributed by atoms with Gasteiger partial charge in [0, 0.05) is 10.0 Å². The first-order valence-corrected chi connectivity index (χ1v) is 9.23. The summed E-state index contributed by atoms with van der Waals surface area (Å²) in [5, 5.41) is 10.6. The molecule has 0 aliphatic heterocycles. The number of benzene rings is 2. The van der Waals surface area contributed by atoms with Crippen molar-refractivity contribution in [3.8, 4) is 23.0 Å². The van der Waals surface area contributed by atoms with E-state index < -0.39 is 6.10 Å². The Bertz CT molecular complexity index is 805. The second-order valence-electron chi connectivity index (χ2n) is 5.24. The standard InChI is InChI=1S/C19H20Br2O5/c1-23-12-7-5-11(14(20)9-12)6-8-15(22)13-10-16(24-2)18(25-3)19(26-4)17(13)21/h5-10,15,22H,1-4H3/b8-6+. The van der Waals surface area contributed by atoms with Gasteiger partial charge in [-0.2, -0.15) is 0 Å². The normalized spacial score (nSPS) is 12.1. The number of hydrogen-bond acceptors (Lipinski definition) is 5. The van der Waals surface area contributed by atoms with Gasteiger partial charge in [0.15, 0.2) is 11.5 Å². The van der Waals surface area contributed by atoms with Crippen molar-refractivity contribution in [2.45, 2.75) is 6.10 Å². The summed E-state index contributed by atoms with van der Waals surface area (Å²) in [7, 11) is 6.21. The summed E-state index contributed by atoms with van der Waals surface area (Å²) in [4.78, 5) is 0. The Morgan fingerprint density at radius 2 is 1.62 bits per heavy atom. The van der Waals surface area contributed by atoms with Crippen LogP contribution < -0.4 is 18.9 Å². The lowest BCUT2D eigenvalue weighted by Crippen LogP contribution is -2.02. The Morgan fingerprint density at radius 1 is 0.923 bits per heavy atom. The van der Waals surface area contributed by atoms with Gasteiger partial charge in [-0.25, -0.2) is 0 Å². The summed E-state index contributed by atoms with van der Waals surface area (Å²) in [6.07, 6.45) is 2.62. The highest BCUT2D eigenvalue weighted by molar-refractivity contribution is 9.11. The van der Waals surface area contributed by atoms with E-state index in [9.17, 15) is 5.11 Å². The molecule has 0 amide bonds. The molecular weight excluding hydrogens is 468 g/mol. The van der Waals surface area contributed by atoms with E-state index in [1.807, 2.05) is 24.3 Å². The molecule has 26 heavy (non-hydrogen) atoms. The van der Waals surface area contributed by atoms with Crippen LogP contribution in [0.1, 0.15) is 17.2 Å². The lowest BCUT2D eigenvalue weighted by Gasteiger charge is -2.18. The molecule has 0 heterocycles. The van der Waals surface area contributed by atoms with Crippen LogP contribution in [0.25, 0.3) is 6.08 Å². The van der Waals surface area contributed by atoms with Crippen LogP contribution >= 0.6 is 31.9 Å². The minimum atomic E-state index is -0.882. The van der Waals surface area contributed by atoms with Crippen molar-refractivity contribution in [1.82, 2.24) is 0 Å². The second kappa shape index (κ2) is 9.30. The van der Waals surface area contributed by atoms with Gasteiger partial charge in [0.1, 0.15) is 5.75 Å². The molecule has 2 rings (SSSR count). The van der Waals surface area contributed by atoms with Gasteiger partial charge in [-0.15, -0.1) is 0 Å². The fourth-order valence-electron chi connectivity index (χ4n) is 2.42. The van der Waals surface area contributed by atoms with E-state index in [0.717, 1.165) is 15.8 Å². The predicted octanol–water partition coefficient (Wildman–Crippen LogP) is 4.99. The molecule has 2 aromatic carbocycles. The first kappa shape index (κ1) is 20.6. The van der Waals surface area contributed by atoms with Gasteiger partial charge in [-0.05, 0) is 39.7 Å². The summed E-state index contributed by atoms with van der Waals surface area (Å²) >= 11 is 6.97. The van der Waals surface area contributed by atoms with Crippen molar-refractivity contribution >= 4 is 37.9 Å². The fraction of sp³-hybridized carbons (Fsp3) is 0.263. The maximum atomic E-state index is 10.6. The Labute approximate surface area is 169 Å². The van der Waals surface area contributed by atoms with Gasteiger partial charge in [-0.1, -0.05) is 34.1 Å². The largest absolute Gasteiger partial charge is 0.497 e. The molecular formula is C19H20Br2O5. The zero-order valence-electron chi connectivity index (χ0n) is 14.9. The Kier molecular flexibility index (Phi) is 7.37. The molecule has 7 heteroatoms. The van der Waals surface area contributed by atoms with E-state index in [4.69, 9.17) is 18.9 Å². The molecule has 1 atom stereocenters. The number of ether oxygens (including phenoxy) is 4. The number of halogens is 2. The minimum absolute atomic E-state index is 0.458. The van der Waals surface area contributed by atoms with Crippen LogP contribution in [-0.2, 0) is 0 Å². The molecule has 2 aromatic rings. The summed E-state index contributed by atoms with van der Waals surface area (Å²) < 4.78 is 22.7. The van der Waals surface area contributed by atoms with Gasteiger partial charge >= 0.3 is 0 Å². The molecule has 0 radical (unpaired) electrons. The van der Waals surface area contributed by atoms with Crippen LogP contribution in [0.15, 0.2) is 39.3 Å². The molecule has 0 aliphatic rings. The minimum Gasteiger partial charge on any atom is -0.497 e. The third kappa shape index (κ3) is 4.34. The van der Waals surface area contributed by atoms with Crippen LogP contribution in [0, 0.1) is 0 Å². The summed E-state index contributed by atoms with van der Waals surface area (Å²) in [6.45, 7) is 0. The SMILES string of the molecule is COc1ccc(/C=C/C(O)c2cc(OC)c(OC)c(OC)c2Br)c(Br)c1. The molecule has 0 spiro atoms. The van der Waals surface area contributed by atoms with E-state index in [-0.39, 0.29) is 0 Å². The van der Waals surface area contributed by atoms with E-state index in [1.165, 1.54) is 21.3 Å². The summed E-state index contributed by atoms with van der Waals surface area (Å²) in [6, 6.07) is 7.33. The molecule has 140 valence electrons. The van der Waals surface area contributed by atoms with Crippen molar-refractivity contribution in [2.75, 3.05) is 28.4 Å². The van der Waals surface area contributed by atoms with Crippen LogP contribution in [0.5, 0.6) is 23.0 Å². The summed E-state index contributed by atoms with van der Waals surface area (Å²) in [5.74, 6) is 2.14. The van der Waals surface area contributed by atoms with Crippen molar-refractivity contribution < 1.29 is 24.1 Å². The van der Waals surface area contributed by atoms with E-state index in [2.05, 4.69) is 31.9 Å². The highest BCUT2D eigenvalue weighted by Crippen LogP contribution is 2.46. The molecule has 0 saturated carbocycles. The molecule has 0 fully saturated rings. The van der Waals surface area contributed by atoms with Crippen LogP contribution in [-0.4, -0.2) is 33.5 Å².